The van der Waals surface area contributed by atoms with Crippen LogP contribution in [0.5, 0.6) is 0 Å². The number of nitrogens with one attached hydrogen (secondary N) is 1. The number of aryl methyl sites for hydroxylation is 2. The number of aliphatic hydroxyl groups is 1. The van der Waals surface area contributed by atoms with Gasteiger partial charge in [0.05, 0.1) is 11.2 Å². The summed E-state index contributed by atoms with van der Waals surface area (Å²) in [7, 11) is 0. The third-order valence-corrected chi connectivity index (χ3v) is 4.50. The third kappa shape index (κ3) is 4.11. The van der Waals surface area contributed by atoms with Gasteiger partial charge in [-0.25, -0.2) is 9.97 Å². The molecule has 3 rings (SSSR count). The highest BCUT2D eigenvalue weighted by atomic mass is 16.3. The van der Waals surface area contributed by atoms with E-state index in [1.165, 1.54) is 6.33 Å². The molecule has 3 heterocycles. The van der Waals surface area contributed by atoms with Crippen molar-refractivity contribution in [1.29, 1.82) is 0 Å². The van der Waals surface area contributed by atoms with E-state index in [0.29, 0.717) is 24.2 Å². The largest absolute Gasteiger partial charge is 0.386 e. The molecule has 0 unspecified atom stereocenters. The van der Waals surface area contributed by atoms with Crippen LogP contribution in [0.4, 0.5) is 5.82 Å². The lowest BCUT2D eigenvalue weighted by Crippen LogP contribution is -2.54. The van der Waals surface area contributed by atoms with Crippen molar-refractivity contribution < 1.29 is 9.90 Å². The van der Waals surface area contributed by atoms with Crippen molar-refractivity contribution in [2.75, 3.05) is 24.5 Å². The van der Waals surface area contributed by atoms with E-state index in [4.69, 9.17) is 0 Å². The number of aromatic nitrogens is 3. The lowest BCUT2D eigenvalue weighted by molar-refractivity contribution is 0.0254. The maximum atomic E-state index is 12.4. The van der Waals surface area contributed by atoms with Gasteiger partial charge in [-0.1, -0.05) is 0 Å². The van der Waals surface area contributed by atoms with E-state index < -0.39 is 5.60 Å². The summed E-state index contributed by atoms with van der Waals surface area (Å²) in [6, 6.07) is 5.37. The Morgan fingerprint density at radius 2 is 2.20 bits per heavy atom. The number of pyridine rings is 1. The highest BCUT2D eigenvalue weighted by molar-refractivity contribution is 5.95. The summed E-state index contributed by atoms with van der Waals surface area (Å²) in [4.78, 5) is 26.9. The van der Waals surface area contributed by atoms with E-state index in [-0.39, 0.29) is 12.5 Å². The minimum atomic E-state index is -0.983. The Kier molecular flexibility index (Phi) is 4.94. The SMILES string of the molecule is Cc1cc(N2CCC[C@](O)(CNC(=O)c3cccnc3C)C2)ncn1. The lowest BCUT2D eigenvalue weighted by Gasteiger charge is -2.39. The fraction of sp³-hybridized carbons (Fsp3) is 0.444. The number of piperidine rings is 1. The normalized spacial score (nSPS) is 20.4. The first-order chi connectivity index (χ1) is 12.0. The molecular weight excluding hydrogens is 318 g/mol. The van der Waals surface area contributed by atoms with E-state index in [1.807, 2.05) is 17.9 Å². The molecule has 1 atom stereocenters. The molecule has 0 aliphatic carbocycles. The third-order valence-electron chi connectivity index (χ3n) is 4.50. The van der Waals surface area contributed by atoms with Crippen LogP contribution >= 0.6 is 0 Å². The molecule has 7 nitrogen and oxygen atoms in total. The van der Waals surface area contributed by atoms with Crippen LogP contribution in [0, 0.1) is 13.8 Å². The van der Waals surface area contributed by atoms with Crippen molar-refractivity contribution in [3.63, 3.8) is 0 Å². The van der Waals surface area contributed by atoms with Gasteiger partial charge in [0.1, 0.15) is 12.1 Å². The van der Waals surface area contributed by atoms with E-state index in [1.54, 1.807) is 25.3 Å². The molecule has 1 saturated heterocycles. The van der Waals surface area contributed by atoms with Gasteiger partial charge in [0, 0.05) is 43.3 Å². The quantitative estimate of drug-likeness (QED) is 0.870. The first-order valence-electron chi connectivity index (χ1n) is 8.43. The smallest absolute Gasteiger partial charge is 0.253 e. The Morgan fingerprint density at radius 3 is 2.96 bits per heavy atom. The van der Waals surface area contributed by atoms with Crippen molar-refractivity contribution >= 4 is 11.7 Å². The zero-order valence-electron chi connectivity index (χ0n) is 14.6. The van der Waals surface area contributed by atoms with Crippen LogP contribution < -0.4 is 10.2 Å². The second-order valence-electron chi connectivity index (χ2n) is 6.59. The van der Waals surface area contributed by atoms with Gasteiger partial charge in [-0.15, -0.1) is 0 Å². The van der Waals surface area contributed by atoms with Crippen LogP contribution in [0.25, 0.3) is 0 Å². The van der Waals surface area contributed by atoms with Gasteiger partial charge >= 0.3 is 0 Å². The van der Waals surface area contributed by atoms with E-state index in [9.17, 15) is 9.90 Å². The van der Waals surface area contributed by atoms with Crippen LogP contribution in [-0.2, 0) is 0 Å². The summed E-state index contributed by atoms with van der Waals surface area (Å²) in [5.41, 5.74) is 1.11. The van der Waals surface area contributed by atoms with Crippen LogP contribution in [0.3, 0.4) is 0 Å². The van der Waals surface area contributed by atoms with Crippen molar-refractivity contribution in [1.82, 2.24) is 20.3 Å². The Morgan fingerprint density at radius 1 is 1.36 bits per heavy atom. The number of carbonyl (C=O) groups is 1. The summed E-state index contributed by atoms with van der Waals surface area (Å²) in [5.74, 6) is 0.592. The van der Waals surface area contributed by atoms with Crippen molar-refractivity contribution in [2.24, 2.45) is 0 Å². The summed E-state index contributed by atoms with van der Waals surface area (Å²) in [5, 5.41) is 13.8. The minimum Gasteiger partial charge on any atom is -0.386 e. The van der Waals surface area contributed by atoms with Crippen LogP contribution in [0.2, 0.25) is 0 Å². The summed E-state index contributed by atoms with van der Waals surface area (Å²) in [6.45, 7) is 5.16. The number of nitrogens with zero attached hydrogens (tertiary/aromatic N) is 4. The van der Waals surface area contributed by atoms with Gasteiger partial charge in [-0.2, -0.15) is 0 Å². The average molecular weight is 341 g/mol. The summed E-state index contributed by atoms with van der Waals surface area (Å²) < 4.78 is 0. The zero-order chi connectivity index (χ0) is 17.9. The maximum Gasteiger partial charge on any atom is 0.253 e. The molecule has 0 bridgehead atoms. The maximum absolute atomic E-state index is 12.4. The molecule has 25 heavy (non-hydrogen) atoms. The molecule has 0 spiro atoms. The second-order valence-corrected chi connectivity index (χ2v) is 6.59. The van der Waals surface area contributed by atoms with Crippen molar-refractivity contribution in [3.8, 4) is 0 Å². The molecule has 1 aliphatic rings. The highest BCUT2D eigenvalue weighted by Crippen LogP contribution is 2.24. The number of hydrogen-bond donors (Lipinski definition) is 2. The molecule has 1 amide bonds. The van der Waals surface area contributed by atoms with Crippen molar-refractivity contribution in [3.05, 3.63) is 47.7 Å². The van der Waals surface area contributed by atoms with Gasteiger partial charge in [0.2, 0.25) is 0 Å². The predicted molar refractivity (Wildman–Crippen MR) is 94.5 cm³/mol. The highest BCUT2D eigenvalue weighted by Gasteiger charge is 2.34. The number of carbonyl (C=O) groups excluding carboxylic acids is 1. The molecule has 1 fully saturated rings. The van der Waals surface area contributed by atoms with Crippen LogP contribution in [0.1, 0.15) is 34.6 Å². The topological polar surface area (TPSA) is 91.2 Å². The van der Waals surface area contributed by atoms with Gasteiger partial charge in [0.15, 0.2) is 0 Å². The Labute approximate surface area is 147 Å². The monoisotopic (exact) mass is 341 g/mol. The van der Waals surface area contributed by atoms with E-state index >= 15 is 0 Å². The number of hydrogen-bond acceptors (Lipinski definition) is 6. The van der Waals surface area contributed by atoms with Crippen LogP contribution in [-0.4, -0.2) is 51.2 Å². The fourth-order valence-corrected chi connectivity index (χ4v) is 3.13. The molecule has 132 valence electrons. The van der Waals surface area contributed by atoms with Crippen LogP contribution in [0.15, 0.2) is 30.7 Å². The average Bonchev–Trinajstić information content (AvgIpc) is 2.60. The van der Waals surface area contributed by atoms with Gasteiger partial charge in [0.25, 0.3) is 5.91 Å². The first-order valence-corrected chi connectivity index (χ1v) is 8.43. The Bertz CT molecular complexity index is 767. The Balaban J connectivity index is 1.65. The van der Waals surface area contributed by atoms with Gasteiger partial charge in [-0.3, -0.25) is 9.78 Å². The molecule has 1 aliphatic heterocycles. The Hall–Kier alpha value is -2.54. The zero-order valence-corrected chi connectivity index (χ0v) is 14.6. The minimum absolute atomic E-state index is 0.195. The first kappa shape index (κ1) is 17.3. The second kappa shape index (κ2) is 7.14. The van der Waals surface area contributed by atoms with E-state index in [0.717, 1.165) is 24.5 Å². The standard InChI is InChI=1S/C18H23N5O2/c1-13-9-16(22-12-21-13)23-8-4-6-18(25,11-23)10-20-17(24)15-5-3-7-19-14(15)2/h3,5,7,9,12,25H,4,6,8,10-11H2,1-2H3,(H,20,24)/t18-/m0/s1. The molecule has 7 heteroatoms. The summed E-state index contributed by atoms with van der Waals surface area (Å²) >= 11 is 0. The molecule has 2 aromatic rings. The van der Waals surface area contributed by atoms with Gasteiger partial charge in [-0.05, 0) is 38.8 Å². The van der Waals surface area contributed by atoms with Gasteiger partial charge < -0.3 is 15.3 Å². The molecule has 0 saturated carbocycles. The molecule has 2 aromatic heterocycles. The lowest BCUT2D eigenvalue weighted by atomic mass is 9.92. The van der Waals surface area contributed by atoms with E-state index in [2.05, 4.69) is 20.3 Å². The fourth-order valence-electron chi connectivity index (χ4n) is 3.13. The summed E-state index contributed by atoms with van der Waals surface area (Å²) in [6.07, 6.45) is 4.66. The number of amides is 1. The molecule has 0 radical (unpaired) electrons. The molecule has 0 aromatic carbocycles. The number of rotatable bonds is 4. The molecular formula is C18H23N5O2. The number of anilines is 1. The van der Waals surface area contributed by atoms with Crippen molar-refractivity contribution in [2.45, 2.75) is 32.3 Å². The molecule has 2 N–H and O–H groups in total. The number of β-amino-alcohol motifs (C(OH)–C–C–N with tert-alkyl or cyclic N) is 1. The predicted octanol–water partition coefficient (Wildman–Crippen LogP) is 1.25.